The molecule has 1 aromatic heterocycles. The van der Waals surface area contributed by atoms with Gasteiger partial charge in [0.2, 0.25) is 0 Å². The maximum atomic E-state index is 5.81. The number of hydrogen-bond donors (Lipinski definition) is 1. The van der Waals surface area contributed by atoms with Crippen molar-refractivity contribution in [3.05, 3.63) is 35.9 Å². The number of nitrogens with two attached hydrogens (primary N) is 1. The largest absolute Gasteiger partial charge is 0.389 e. The number of hydrogen-bond acceptors (Lipinski definition) is 3. The van der Waals surface area contributed by atoms with Gasteiger partial charge in [0.05, 0.1) is 11.1 Å². The molecule has 2 rings (SSSR count). The van der Waals surface area contributed by atoms with Gasteiger partial charge in [-0.25, -0.2) is 4.98 Å². The molecule has 0 spiro atoms. The molecule has 2 N–H and O–H groups in total. The fourth-order valence-electron chi connectivity index (χ4n) is 1.80. The van der Waals surface area contributed by atoms with Crippen LogP contribution < -0.4 is 10.6 Å². The van der Waals surface area contributed by atoms with E-state index in [1.807, 2.05) is 37.4 Å². The van der Waals surface area contributed by atoms with Crippen molar-refractivity contribution in [3.63, 3.8) is 0 Å². The van der Waals surface area contributed by atoms with E-state index < -0.39 is 0 Å². The summed E-state index contributed by atoms with van der Waals surface area (Å²) in [6, 6.07) is 10.3. The van der Waals surface area contributed by atoms with Gasteiger partial charge in [0.15, 0.2) is 0 Å². The molecule has 0 bridgehead atoms. The van der Waals surface area contributed by atoms with Gasteiger partial charge >= 0.3 is 0 Å². The quantitative estimate of drug-likeness (QED) is 0.861. The second kappa shape index (κ2) is 4.90. The minimum Gasteiger partial charge on any atom is -0.389 e. The van der Waals surface area contributed by atoms with Crippen LogP contribution in [0.25, 0.3) is 10.9 Å². The Morgan fingerprint density at radius 1 is 1.33 bits per heavy atom. The van der Waals surface area contributed by atoms with Crippen LogP contribution in [0, 0.1) is 0 Å². The summed E-state index contributed by atoms with van der Waals surface area (Å²) in [6.07, 6.45) is 0. The topological polar surface area (TPSA) is 42.2 Å². The van der Waals surface area contributed by atoms with Crippen LogP contribution in [0.15, 0.2) is 30.3 Å². The van der Waals surface area contributed by atoms with E-state index in [1.54, 1.807) is 0 Å². The lowest BCUT2D eigenvalue weighted by Gasteiger charge is -2.25. The van der Waals surface area contributed by atoms with Crippen LogP contribution in [-0.2, 0) is 0 Å². The highest BCUT2D eigenvalue weighted by Gasteiger charge is 2.15. The summed E-state index contributed by atoms with van der Waals surface area (Å²) in [4.78, 5) is 7.15. The molecular weight excluding hydrogens is 242 g/mol. The lowest BCUT2D eigenvalue weighted by molar-refractivity contribution is 0.744. The molecular formula is C14H17N3S. The highest BCUT2D eigenvalue weighted by atomic mass is 32.1. The Kier molecular flexibility index (Phi) is 3.48. The average Bonchev–Trinajstić information content (AvgIpc) is 2.36. The van der Waals surface area contributed by atoms with E-state index >= 15 is 0 Å². The summed E-state index contributed by atoms with van der Waals surface area (Å²) in [5.74, 6) is 0.844. The zero-order chi connectivity index (χ0) is 13.3. The van der Waals surface area contributed by atoms with Crippen LogP contribution in [0.5, 0.6) is 0 Å². The molecule has 3 nitrogen and oxygen atoms in total. The summed E-state index contributed by atoms with van der Waals surface area (Å²) < 4.78 is 0. The summed E-state index contributed by atoms with van der Waals surface area (Å²) in [7, 11) is 2.00. The first-order valence-corrected chi connectivity index (χ1v) is 6.34. The molecule has 1 aromatic carbocycles. The maximum absolute atomic E-state index is 5.81. The molecule has 18 heavy (non-hydrogen) atoms. The molecule has 2 aromatic rings. The van der Waals surface area contributed by atoms with Gasteiger partial charge in [-0.2, -0.15) is 0 Å². The van der Waals surface area contributed by atoms with Crippen molar-refractivity contribution in [1.29, 1.82) is 0 Å². The molecule has 0 saturated heterocycles. The van der Waals surface area contributed by atoms with Gasteiger partial charge in [-0.3, -0.25) is 0 Å². The van der Waals surface area contributed by atoms with Crippen molar-refractivity contribution in [1.82, 2.24) is 4.98 Å². The van der Waals surface area contributed by atoms with E-state index in [9.17, 15) is 0 Å². The number of thiocarbonyl (C=S) groups is 1. The lowest BCUT2D eigenvalue weighted by Crippen LogP contribution is -2.29. The van der Waals surface area contributed by atoms with Gasteiger partial charge in [-0.15, -0.1) is 0 Å². The van der Waals surface area contributed by atoms with E-state index in [-0.39, 0.29) is 0 Å². The molecule has 0 aliphatic carbocycles. The zero-order valence-electron chi connectivity index (χ0n) is 10.8. The van der Waals surface area contributed by atoms with Crippen molar-refractivity contribution in [2.45, 2.75) is 19.9 Å². The summed E-state index contributed by atoms with van der Waals surface area (Å²) in [5, 5.41) is 1.06. The number of aromatic nitrogens is 1. The molecule has 0 amide bonds. The van der Waals surface area contributed by atoms with E-state index in [0.717, 1.165) is 22.3 Å². The van der Waals surface area contributed by atoms with Gasteiger partial charge in [-0.05, 0) is 26.0 Å². The van der Waals surface area contributed by atoms with Crippen molar-refractivity contribution in [2.75, 3.05) is 11.9 Å². The van der Waals surface area contributed by atoms with Gasteiger partial charge < -0.3 is 10.6 Å². The number of benzene rings is 1. The SMILES string of the molecule is CC(C)N(C)c1nc2ccccc2cc1C(N)=S. The normalized spacial score (nSPS) is 10.9. The Hall–Kier alpha value is -1.68. The molecule has 0 unspecified atom stereocenters. The minimum atomic E-state index is 0.340. The number of anilines is 1. The van der Waals surface area contributed by atoms with Crippen molar-refractivity contribution >= 4 is 33.9 Å². The first-order valence-electron chi connectivity index (χ1n) is 5.93. The Labute approximate surface area is 113 Å². The highest BCUT2D eigenvalue weighted by Crippen LogP contribution is 2.24. The van der Waals surface area contributed by atoms with Crippen LogP contribution in [0.2, 0.25) is 0 Å². The molecule has 0 atom stereocenters. The van der Waals surface area contributed by atoms with Gasteiger partial charge in [0, 0.05) is 18.5 Å². The van der Waals surface area contributed by atoms with Crippen molar-refractivity contribution in [3.8, 4) is 0 Å². The monoisotopic (exact) mass is 259 g/mol. The minimum absolute atomic E-state index is 0.340. The average molecular weight is 259 g/mol. The highest BCUT2D eigenvalue weighted by molar-refractivity contribution is 7.80. The van der Waals surface area contributed by atoms with Gasteiger partial charge in [-0.1, -0.05) is 30.4 Å². The van der Waals surface area contributed by atoms with E-state index in [2.05, 4.69) is 23.7 Å². The number of rotatable bonds is 3. The van der Waals surface area contributed by atoms with Crippen molar-refractivity contribution < 1.29 is 0 Å². The second-order valence-electron chi connectivity index (χ2n) is 4.62. The number of para-hydroxylation sites is 1. The Balaban J connectivity index is 2.69. The van der Waals surface area contributed by atoms with Gasteiger partial charge in [0.25, 0.3) is 0 Å². The lowest BCUT2D eigenvalue weighted by atomic mass is 10.1. The molecule has 0 aliphatic rings. The molecule has 94 valence electrons. The van der Waals surface area contributed by atoms with E-state index in [0.29, 0.717) is 11.0 Å². The number of fused-ring (bicyclic) bond motifs is 1. The third kappa shape index (κ3) is 2.29. The Bertz CT molecular complexity index is 593. The first kappa shape index (κ1) is 12.8. The van der Waals surface area contributed by atoms with Crippen molar-refractivity contribution in [2.24, 2.45) is 5.73 Å². The van der Waals surface area contributed by atoms with Crippen LogP contribution >= 0.6 is 12.2 Å². The van der Waals surface area contributed by atoms with Crippen LogP contribution in [0.4, 0.5) is 5.82 Å². The van der Waals surface area contributed by atoms with Gasteiger partial charge in [0.1, 0.15) is 10.8 Å². The zero-order valence-corrected chi connectivity index (χ0v) is 11.7. The number of nitrogens with zero attached hydrogens (tertiary/aromatic N) is 2. The molecule has 0 saturated carbocycles. The van der Waals surface area contributed by atoms with E-state index in [1.165, 1.54) is 0 Å². The number of pyridine rings is 1. The van der Waals surface area contributed by atoms with E-state index in [4.69, 9.17) is 18.0 Å². The third-order valence-corrected chi connectivity index (χ3v) is 3.30. The molecule has 1 heterocycles. The molecule has 0 aliphatic heterocycles. The summed E-state index contributed by atoms with van der Waals surface area (Å²) in [6.45, 7) is 4.22. The van der Waals surface area contributed by atoms with Crippen LogP contribution in [0.1, 0.15) is 19.4 Å². The maximum Gasteiger partial charge on any atom is 0.139 e. The fraction of sp³-hybridized carbons (Fsp3) is 0.286. The van der Waals surface area contributed by atoms with Crippen LogP contribution in [0.3, 0.4) is 0 Å². The molecule has 4 heteroatoms. The second-order valence-corrected chi connectivity index (χ2v) is 5.06. The smallest absolute Gasteiger partial charge is 0.139 e. The predicted octanol–water partition coefficient (Wildman–Crippen LogP) is 2.71. The summed E-state index contributed by atoms with van der Waals surface area (Å²) >= 11 is 5.13. The van der Waals surface area contributed by atoms with Crippen LogP contribution in [-0.4, -0.2) is 23.1 Å². The Morgan fingerprint density at radius 3 is 2.61 bits per heavy atom. The predicted molar refractivity (Wildman–Crippen MR) is 81.2 cm³/mol. The summed E-state index contributed by atoms with van der Waals surface area (Å²) in [5.41, 5.74) is 7.60. The Morgan fingerprint density at radius 2 is 2.00 bits per heavy atom. The standard InChI is InChI=1S/C14H17N3S/c1-9(2)17(3)14-11(13(15)18)8-10-6-4-5-7-12(10)16-14/h4-9H,1-3H3,(H2,15,18). The third-order valence-electron chi connectivity index (χ3n) is 3.08. The first-order chi connectivity index (χ1) is 8.50. The molecule has 0 fully saturated rings. The molecule has 0 radical (unpaired) electrons. The fourth-order valence-corrected chi connectivity index (χ4v) is 1.95.